The Morgan fingerprint density at radius 1 is 1.15 bits per heavy atom. The minimum absolute atomic E-state index is 0.514. The van der Waals surface area contributed by atoms with Crippen molar-refractivity contribution in [3.8, 4) is 0 Å². The summed E-state index contributed by atoms with van der Waals surface area (Å²) in [5.41, 5.74) is 4.26. The molecule has 0 aliphatic heterocycles. The summed E-state index contributed by atoms with van der Waals surface area (Å²) in [6.45, 7) is 4.30. The number of allylic oxidation sites excluding steroid dienone is 10. The minimum atomic E-state index is 0.514. The molecule has 0 heterocycles. The third-order valence-electron chi connectivity index (χ3n) is 2.68. The van der Waals surface area contributed by atoms with Crippen molar-refractivity contribution in [2.75, 3.05) is 0 Å². The first-order chi connectivity index (χ1) is 6.33. The Morgan fingerprint density at radius 2 is 1.92 bits per heavy atom. The molecule has 2 rings (SSSR count). The van der Waals surface area contributed by atoms with Crippen LogP contribution in [0.5, 0.6) is 0 Å². The van der Waals surface area contributed by atoms with Crippen molar-refractivity contribution in [1.82, 2.24) is 0 Å². The van der Waals surface area contributed by atoms with Gasteiger partial charge in [0.2, 0.25) is 0 Å². The van der Waals surface area contributed by atoms with Crippen LogP contribution in [0.2, 0.25) is 0 Å². The average Bonchev–Trinajstić information content (AvgIpc) is 2.17. The first-order valence-corrected chi connectivity index (χ1v) is 4.72. The quantitative estimate of drug-likeness (QED) is 0.521. The summed E-state index contributed by atoms with van der Waals surface area (Å²) in [7, 11) is 0. The average molecular weight is 170 g/mol. The van der Waals surface area contributed by atoms with E-state index in [4.69, 9.17) is 0 Å². The van der Waals surface area contributed by atoms with E-state index in [1.807, 2.05) is 0 Å². The molecule has 0 aromatic heterocycles. The van der Waals surface area contributed by atoms with E-state index in [1.165, 1.54) is 16.7 Å². The summed E-state index contributed by atoms with van der Waals surface area (Å²) >= 11 is 0. The molecule has 1 unspecified atom stereocenters. The van der Waals surface area contributed by atoms with Gasteiger partial charge in [0.15, 0.2) is 0 Å². The van der Waals surface area contributed by atoms with Crippen molar-refractivity contribution >= 4 is 0 Å². The maximum absolute atomic E-state index is 2.20. The summed E-state index contributed by atoms with van der Waals surface area (Å²) in [5, 5.41) is 0. The van der Waals surface area contributed by atoms with Crippen LogP contribution in [0.25, 0.3) is 0 Å². The third-order valence-corrected chi connectivity index (χ3v) is 2.68. The molecule has 0 bridgehead atoms. The van der Waals surface area contributed by atoms with Gasteiger partial charge in [0.05, 0.1) is 0 Å². The van der Waals surface area contributed by atoms with Crippen LogP contribution in [0.15, 0.2) is 59.3 Å². The van der Waals surface area contributed by atoms with Gasteiger partial charge in [-0.3, -0.25) is 0 Å². The molecule has 0 saturated heterocycles. The van der Waals surface area contributed by atoms with E-state index in [0.717, 1.165) is 0 Å². The second-order valence-electron chi connectivity index (χ2n) is 3.52. The maximum Gasteiger partial charge on any atom is 0.0296 e. The van der Waals surface area contributed by atoms with Crippen LogP contribution in [0.1, 0.15) is 13.8 Å². The molecule has 0 heteroatoms. The summed E-state index contributed by atoms with van der Waals surface area (Å²) in [5.74, 6) is 0.514. The monoisotopic (exact) mass is 170 g/mol. The van der Waals surface area contributed by atoms with Crippen LogP contribution < -0.4 is 0 Å². The molecule has 0 saturated carbocycles. The Morgan fingerprint density at radius 3 is 2.69 bits per heavy atom. The van der Waals surface area contributed by atoms with Crippen molar-refractivity contribution in [3.63, 3.8) is 0 Å². The maximum atomic E-state index is 2.20. The molecule has 0 spiro atoms. The van der Waals surface area contributed by atoms with E-state index < -0.39 is 0 Å². The van der Waals surface area contributed by atoms with Gasteiger partial charge in [0.25, 0.3) is 0 Å². The molecular formula is C13H14. The topological polar surface area (TPSA) is 0 Å². The van der Waals surface area contributed by atoms with Crippen molar-refractivity contribution in [2.45, 2.75) is 13.8 Å². The Hall–Kier alpha value is -1.30. The van der Waals surface area contributed by atoms with Crippen LogP contribution in [0.3, 0.4) is 0 Å². The van der Waals surface area contributed by atoms with Gasteiger partial charge in [0, 0.05) is 5.92 Å². The van der Waals surface area contributed by atoms with Gasteiger partial charge in [0.1, 0.15) is 0 Å². The molecule has 0 aromatic rings. The zero-order chi connectivity index (χ0) is 9.26. The molecule has 1 atom stereocenters. The molecule has 66 valence electrons. The summed E-state index contributed by atoms with van der Waals surface area (Å²) in [6.07, 6.45) is 15.3. The van der Waals surface area contributed by atoms with Crippen LogP contribution in [-0.2, 0) is 0 Å². The molecule has 0 radical (unpaired) electrons. The highest BCUT2D eigenvalue weighted by atomic mass is 14.2. The molecule has 13 heavy (non-hydrogen) atoms. The zero-order valence-electron chi connectivity index (χ0n) is 8.12. The molecule has 2 aliphatic carbocycles. The largest absolute Gasteiger partial charge is 0.0835 e. The van der Waals surface area contributed by atoms with Crippen LogP contribution in [-0.4, -0.2) is 0 Å². The van der Waals surface area contributed by atoms with Crippen LogP contribution in [0.4, 0.5) is 0 Å². The molecular weight excluding hydrogens is 156 g/mol. The first-order valence-electron chi connectivity index (χ1n) is 4.72. The van der Waals surface area contributed by atoms with E-state index in [1.54, 1.807) is 0 Å². The van der Waals surface area contributed by atoms with Gasteiger partial charge < -0.3 is 0 Å². The van der Waals surface area contributed by atoms with E-state index in [-0.39, 0.29) is 0 Å². The van der Waals surface area contributed by atoms with Gasteiger partial charge in [-0.2, -0.15) is 0 Å². The lowest BCUT2D eigenvalue weighted by Crippen LogP contribution is -2.11. The second-order valence-corrected chi connectivity index (χ2v) is 3.52. The van der Waals surface area contributed by atoms with Gasteiger partial charge in [-0.15, -0.1) is 0 Å². The fourth-order valence-electron chi connectivity index (χ4n) is 2.00. The predicted octanol–water partition coefficient (Wildman–Crippen LogP) is 3.56. The smallest absolute Gasteiger partial charge is 0.0296 e. The second kappa shape index (κ2) is 3.21. The number of hydrogen-bond donors (Lipinski definition) is 0. The molecule has 0 N–H and O–H groups in total. The summed E-state index contributed by atoms with van der Waals surface area (Å²) < 4.78 is 0. The minimum Gasteiger partial charge on any atom is -0.0835 e. The molecule has 0 nitrogen and oxygen atoms in total. The Kier molecular flexibility index (Phi) is 2.05. The highest BCUT2D eigenvalue weighted by Crippen LogP contribution is 2.34. The zero-order valence-corrected chi connectivity index (χ0v) is 8.12. The molecule has 0 amide bonds. The van der Waals surface area contributed by atoms with E-state index in [0.29, 0.717) is 5.92 Å². The SMILES string of the molecule is CC=C1C=CC=C2C=CC=C(C)C12. The van der Waals surface area contributed by atoms with Crippen LogP contribution in [0, 0.1) is 5.92 Å². The van der Waals surface area contributed by atoms with Gasteiger partial charge >= 0.3 is 0 Å². The van der Waals surface area contributed by atoms with Crippen molar-refractivity contribution in [1.29, 1.82) is 0 Å². The number of rotatable bonds is 0. The molecule has 0 aromatic carbocycles. The van der Waals surface area contributed by atoms with Crippen molar-refractivity contribution in [3.05, 3.63) is 59.3 Å². The fourth-order valence-corrected chi connectivity index (χ4v) is 2.00. The number of fused-ring (bicyclic) bond motifs is 1. The Balaban J connectivity index is 2.47. The lowest BCUT2D eigenvalue weighted by atomic mass is 9.79. The molecule has 0 fully saturated rings. The van der Waals surface area contributed by atoms with Crippen LogP contribution >= 0.6 is 0 Å². The highest BCUT2D eigenvalue weighted by molar-refractivity contribution is 5.51. The number of hydrogen-bond acceptors (Lipinski definition) is 0. The lowest BCUT2D eigenvalue weighted by Gasteiger charge is -2.25. The van der Waals surface area contributed by atoms with Gasteiger partial charge in [-0.1, -0.05) is 48.1 Å². The van der Waals surface area contributed by atoms with Gasteiger partial charge in [-0.25, -0.2) is 0 Å². The lowest BCUT2D eigenvalue weighted by molar-refractivity contribution is 0.858. The van der Waals surface area contributed by atoms with E-state index in [2.05, 4.69) is 56.4 Å². The first kappa shape index (κ1) is 8.31. The predicted molar refractivity (Wildman–Crippen MR) is 57.4 cm³/mol. The summed E-state index contributed by atoms with van der Waals surface area (Å²) in [6, 6.07) is 0. The van der Waals surface area contributed by atoms with E-state index >= 15 is 0 Å². The van der Waals surface area contributed by atoms with Gasteiger partial charge in [-0.05, 0) is 25.0 Å². The third kappa shape index (κ3) is 1.33. The molecule has 2 aliphatic rings. The summed E-state index contributed by atoms with van der Waals surface area (Å²) in [4.78, 5) is 0. The Labute approximate surface area is 79.7 Å². The van der Waals surface area contributed by atoms with Crippen molar-refractivity contribution < 1.29 is 0 Å². The fraction of sp³-hybridized carbons (Fsp3) is 0.231. The van der Waals surface area contributed by atoms with E-state index in [9.17, 15) is 0 Å². The normalized spacial score (nSPS) is 28.5. The highest BCUT2D eigenvalue weighted by Gasteiger charge is 2.20. The van der Waals surface area contributed by atoms with Crippen molar-refractivity contribution in [2.24, 2.45) is 5.92 Å². The standard InChI is InChI=1S/C13H14/c1-3-11-7-5-9-12-8-4-6-10(2)13(11)12/h3-9,13H,1-2H3. The Bertz CT molecular complexity index is 359.